The Balaban J connectivity index is 2.67. The largest absolute Gasteiger partial charge is 0.464 e. The van der Waals surface area contributed by atoms with Gasteiger partial charge in [0.05, 0.1) is 7.11 Å². The monoisotopic (exact) mass is 228 g/mol. The van der Waals surface area contributed by atoms with Crippen LogP contribution in [0.3, 0.4) is 0 Å². The van der Waals surface area contributed by atoms with Crippen molar-refractivity contribution in [1.29, 1.82) is 0 Å². The fourth-order valence-corrected chi connectivity index (χ4v) is 1.27. The molecule has 0 unspecified atom stereocenters. The average molecular weight is 229 g/mol. The van der Waals surface area contributed by atoms with Gasteiger partial charge in [-0.25, -0.2) is 4.79 Å². The summed E-state index contributed by atoms with van der Waals surface area (Å²) < 4.78 is 17.2. The molecule has 0 fully saturated rings. The molecule has 0 aliphatic carbocycles. The topological polar surface area (TPSA) is 26.3 Å². The summed E-state index contributed by atoms with van der Waals surface area (Å²) in [4.78, 5) is 10.7. The molecule has 2 nitrogen and oxygen atoms in total. The second-order valence-corrected chi connectivity index (χ2v) is 3.31. The summed E-state index contributed by atoms with van der Waals surface area (Å²) in [5.74, 6) is -1.85. The highest BCUT2D eigenvalue weighted by Crippen LogP contribution is 2.12. The van der Waals surface area contributed by atoms with Gasteiger partial charge in [0, 0.05) is 5.02 Å². The van der Waals surface area contributed by atoms with Crippen molar-refractivity contribution < 1.29 is 13.9 Å². The van der Waals surface area contributed by atoms with E-state index in [2.05, 4.69) is 4.74 Å². The van der Waals surface area contributed by atoms with Crippen molar-refractivity contribution in [2.45, 2.75) is 6.42 Å². The minimum Gasteiger partial charge on any atom is -0.464 e. The van der Waals surface area contributed by atoms with Crippen molar-refractivity contribution >= 4 is 17.6 Å². The number of allylic oxidation sites excluding steroid dienone is 1. The molecule has 15 heavy (non-hydrogen) atoms. The van der Waals surface area contributed by atoms with Crippen LogP contribution in [0.2, 0.25) is 5.02 Å². The molecule has 0 spiro atoms. The number of methoxy groups -OCH3 is 1. The van der Waals surface area contributed by atoms with Gasteiger partial charge in [0.2, 0.25) is 5.83 Å². The van der Waals surface area contributed by atoms with Crippen LogP contribution in [0.1, 0.15) is 5.56 Å². The molecule has 0 aliphatic heterocycles. The third-order valence-electron chi connectivity index (χ3n) is 1.79. The molecule has 4 heteroatoms. The molecule has 80 valence electrons. The smallest absolute Gasteiger partial charge is 0.366 e. The number of esters is 1. The van der Waals surface area contributed by atoms with Crippen LogP contribution in [-0.4, -0.2) is 13.1 Å². The molecule has 0 atom stereocenters. The Labute approximate surface area is 92.3 Å². The normalized spacial score (nSPS) is 11.3. The van der Waals surface area contributed by atoms with Crippen molar-refractivity contribution in [1.82, 2.24) is 0 Å². The zero-order chi connectivity index (χ0) is 11.3. The highest BCUT2D eigenvalue weighted by atomic mass is 35.5. The lowest BCUT2D eigenvalue weighted by Crippen LogP contribution is -2.00. The fourth-order valence-electron chi connectivity index (χ4n) is 1.05. The fraction of sp³-hybridized carbons (Fsp3) is 0.182. The lowest BCUT2D eigenvalue weighted by Gasteiger charge is -1.98. The Morgan fingerprint density at radius 3 is 2.93 bits per heavy atom. The van der Waals surface area contributed by atoms with Gasteiger partial charge < -0.3 is 4.74 Å². The van der Waals surface area contributed by atoms with Gasteiger partial charge in [0.1, 0.15) is 0 Å². The third kappa shape index (κ3) is 3.72. The summed E-state index contributed by atoms with van der Waals surface area (Å²) in [6.07, 6.45) is 1.47. The predicted molar refractivity (Wildman–Crippen MR) is 56.4 cm³/mol. The van der Waals surface area contributed by atoms with Crippen LogP contribution in [0.5, 0.6) is 0 Å². The average Bonchev–Trinajstić information content (AvgIpc) is 2.25. The molecule has 0 heterocycles. The van der Waals surface area contributed by atoms with Gasteiger partial charge in [-0.2, -0.15) is 4.39 Å². The van der Waals surface area contributed by atoms with Crippen LogP contribution in [0.4, 0.5) is 4.39 Å². The number of benzene rings is 1. The van der Waals surface area contributed by atoms with E-state index in [9.17, 15) is 9.18 Å². The third-order valence-corrected chi connectivity index (χ3v) is 2.02. The van der Waals surface area contributed by atoms with E-state index in [0.717, 1.165) is 18.7 Å². The van der Waals surface area contributed by atoms with Crippen molar-refractivity contribution in [2.75, 3.05) is 7.11 Å². The molecule has 0 radical (unpaired) electrons. The molecule has 0 aliphatic rings. The van der Waals surface area contributed by atoms with Crippen LogP contribution in [-0.2, 0) is 16.0 Å². The van der Waals surface area contributed by atoms with Crippen molar-refractivity contribution in [3.8, 4) is 0 Å². The zero-order valence-corrected chi connectivity index (χ0v) is 8.92. The molecule has 1 rings (SSSR count). The Morgan fingerprint density at radius 1 is 1.60 bits per heavy atom. The number of hydrogen-bond donors (Lipinski definition) is 0. The zero-order valence-electron chi connectivity index (χ0n) is 8.17. The van der Waals surface area contributed by atoms with Crippen LogP contribution in [0, 0.1) is 0 Å². The molecule has 0 saturated carbocycles. The first-order chi connectivity index (χ1) is 7.13. The number of rotatable bonds is 3. The number of ether oxygens (including phenoxy) is 1. The lowest BCUT2D eigenvalue weighted by atomic mass is 10.1. The molecule has 0 N–H and O–H groups in total. The van der Waals surface area contributed by atoms with E-state index >= 15 is 0 Å². The molecular formula is C11H10ClFO2. The first-order valence-corrected chi connectivity index (χ1v) is 4.69. The minimum atomic E-state index is -0.961. The van der Waals surface area contributed by atoms with Gasteiger partial charge in [-0.3, -0.25) is 0 Å². The first-order valence-electron chi connectivity index (χ1n) is 4.32. The standard InChI is InChI=1S/C11H10ClFO2/c1-15-11(14)10(13)6-5-8-3-2-4-9(12)7-8/h2-4,6-7H,5H2,1H3/b10-6-. The molecule has 0 amide bonds. The Bertz CT molecular complexity index is 388. The molecule has 0 saturated heterocycles. The van der Waals surface area contributed by atoms with Gasteiger partial charge >= 0.3 is 5.97 Å². The van der Waals surface area contributed by atoms with E-state index in [-0.39, 0.29) is 0 Å². The van der Waals surface area contributed by atoms with E-state index in [1.54, 1.807) is 24.3 Å². The lowest BCUT2D eigenvalue weighted by molar-refractivity contribution is -0.137. The summed E-state index contributed by atoms with van der Waals surface area (Å²) in [6.45, 7) is 0. The number of carbonyl (C=O) groups is 1. The summed E-state index contributed by atoms with van der Waals surface area (Å²) >= 11 is 5.74. The Kier molecular flexibility index (Phi) is 4.31. The quantitative estimate of drug-likeness (QED) is 0.587. The van der Waals surface area contributed by atoms with Crippen LogP contribution >= 0.6 is 11.6 Å². The van der Waals surface area contributed by atoms with Gasteiger partial charge in [-0.1, -0.05) is 23.7 Å². The number of halogens is 2. The Hall–Kier alpha value is -1.35. The van der Waals surface area contributed by atoms with E-state index in [1.807, 2.05) is 0 Å². The maximum absolute atomic E-state index is 12.9. The summed E-state index contributed by atoms with van der Waals surface area (Å²) in [5.41, 5.74) is 0.835. The summed E-state index contributed by atoms with van der Waals surface area (Å²) in [7, 11) is 1.13. The number of hydrogen-bond acceptors (Lipinski definition) is 2. The molecular weight excluding hydrogens is 219 g/mol. The van der Waals surface area contributed by atoms with Gasteiger partial charge in [0.25, 0.3) is 0 Å². The van der Waals surface area contributed by atoms with Crippen LogP contribution < -0.4 is 0 Å². The summed E-state index contributed by atoms with van der Waals surface area (Å²) in [6, 6.07) is 7.00. The predicted octanol–water partition coefficient (Wildman–Crippen LogP) is 2.91. The maximum atomic E-state index is 12.9. The van der Waals surface area contributed by atoms with Crippen molar-refractivity contribution in [3.05, 3.63) is 46.8 Å². The van der Waals surface area contributed by atoms with Crippen molar-refractivity contribution in [2.24, 2.45) is 0 Å². The molecule has 1 aromatic carbocycles. The van der Waals surface area contributed by atoms with Crippen molar-refractivity contribution in [3.63, 3.8) is 0 Å². The highest BCUT2D eigenvalue weighted by molar-refractivity contribution is 6.30. The second kappa shape index (κ2) is 5.51. The summed E-state index contributed by atoms with van der Waals surface area (Å²) in [5, 5.41) is 0.583. The highest BCUT2D eigenvalue weighted by Gasteiger charge is 2.06. The van der Waals surface area contributed by atoms with E-state index in [4.69, 9.17) is 11.6 Å². The van der Waals surface area contributed by atoms with E-state index in [1.165, 1.54) is 0 Å². The van der Waals surface area contributed by atoms with E-state index < -0.39 is 11.8 Å². The van der Waals surface area contributed by atoms with Gasteiger partial charge in [-0.05, 0) is 30.2 Å². The molecule has 0 aromatic heterocycles. The SMILES string of the molecule is COC(=O)/C(F)=C/Cc1cccc(Cl)c1. The van der Waals surface area contributed by atoms with Gasteiger partial charge in [-0.15, -0.1) is 0 Å². The maximum Gasteiger partial charge on any atom is 0.366 e. The van der Waals surface area contributed by atoms with Crippen LogP contribution in [0.25, 0.3) is 0 Å². The second-order valence-electron chi connectivity index (χ2n) is 2.88. The minimum absolute atomic E-state index is 0.307. The van der Waals surface area contributed by atoms with Crippen LogP contribution in [0.15, 0.2) is 36.2 Å². The first kappa shape index (κ1) is 11.7. The van der Waals surface area contributed by atoms with Gasteiger partial charge in [0.15, 0.2) is 0 Å². The van der Waals surface area contributed by atoms with E-state index in [0.29, 0.717) is 11.4 Å². The molecule has 1 aromatic rings. The Morgan fingerprint density at radius 2 is 2.33 bits per heavy atom. The number of carbonyl (C=O) groups excluding carboxylic acids is 1. The molecule has 0 bridgehead atoms.